The third-order valence-corrected chi connectivity index (χ3v) is 0.775. The van der Waals surface area contributed by atoms with Gasteiger partial charge in [0, 0.05) is 5.57 Å². The van der Waals surface area contributed by atoms with Crippen LogP contribution in [0, 0.1) is 0 Å². The fourth-order valence-electron chi connectivity index (χ4n) is 0.174. The fraction of sp³-hybridized carbons (Fsp3) is 0.571. The minimum atomic E-state index is -0.400. The Morgan fingerprint density at radius 3 is 1.80 bits per heavy atom. The Hall–Kier alpha value is -0.830. The Bertz CT molecular complexity index is 110. The summed E-state index contributed by atoms with van der Waals surface area (Å²) in [4.78, 5) is 10.1. The molecule has 0 aromatic carbocycles. The Labute approximate surface area is 62.1 Å². The van der Waals surface area contributed by atoms with Gasteiger partial charge < -0.3 is 11.5 Å². The average molecular weight is 144 g/mol. The van der Waals surface area contributed by atoms with Crippen molar-refractivity contribution in [1.29, 1.82) is 0 Å². The predicted octanol–water partition coefficient (Wildman–Crippen LogP) is 0.403. The van der Waals surface area contributed by atoms with E-state index in [4.69, 9.17) is 11.5 Å². The summed E-state index contributed by atoms with van der Waals surface area (Å²) in [6, 6.07) is 0. The van der Waals surface area contributed by atoms with E-state index in [9.17, 15) is 4.79 Å². The molecule has 3 nitrogen and oxygen atoms in total. The first-order valence-corrected chi connectivity index (χ1v) is 3.27. The highest BCUT2D eigenvalue weighted by atomic mass is 16.1. The number of carbonyl (C=O) groups is 1. The second-order valence-electron chi connectivity index (χ2n) is 1.73. The third-order valence-electron chi connectivity index (χ3n) is 0.775. The number of hydrogen-bond acceptors (Lipinski definition) is 2. The van der Waals surface area contributed by atoms with Gasteiger partial charge in [-0.15, -0.1) is 0 Å². The van der Waals surface area contributed by atoms with Gasteiger partial charge in [-0.25, -0.2) is 0 Å². The van der Waals surface area contributed by atoms with E-state index in [2.05, 4.69) is 6.58 Å². The topological polar surface area (TPSA) is 69.1 Å². The molecule has 0 heterocycles. The minimum absolute atomic E-state index is 0.400. The smallest absolute Gasteiger partial charge is 0.244 e. The Morgan fingerprint density at radius 2 is 1.80 bits per heavy atom. The van der Waals surface area contributed by atoms with Crippen molar-refractivity contribution in [1.82, 2.24) is 0 Å². The van der Waals surface area contributed by atoms with Crippen LogP contribution in [-0.4, -0.2) is 12.5 Å². The first-order chi connectivity index (χ1) is 4.59. The van der Waals surface area contributed by atoms with E-state index in [0.29, 0.717) is 12.0 Å². The summed E-state index contributed by atoms with van der Waals surface area (Å²) in [6.07, 6.45) is 0.648. The molecule has 0 bridgehead atoms. The van der Waals surface area contributed by atoms with Gasteiger partial charge in [-0.3, -0.25) is 4.79 Å². The second-order valence-corrected chi connectivity index (χ2v) is 1.73. The number of carbonyl (C=O) groups excluding carboxylic acids is 1. The zero-order valence-electron chi connectivity index (χ0n) is 6.68. The lowest BCUT2D eigenvalue weighted by atomic mass is 10.2. The van der Waals surface area contributed by atoms with Crippen molar-refractivity contribution in [3.63, 3.8) is 0 Å². The first kappa shape index (κ1) is 11.9. The molecule has 0 unspecified atom stereocenters. The lowest BCUT2D eigenvalue weighted by Gasteiger charge is -1.89. The normalized spacial score (nSPS) is 7.50. The summed E-state index contributed by atoms with van der Waals surface area (Å²) in [7, 11) is 0. The molecule has 0 aliphatic carbocycles. The molecule has 0 fully saturated rings. The molecule has 0 radical (unpaired) electrons. The van der Waals surface area contributed by atoms with Crippen LogP contribution in [0.3, 0.4) is 0 Å². The second kappa shape index (κ2) is 8.17. The van der Waals surface area contributed by atoms with Crippen LogP contribution in [0.1, 0.15) is 20.3 Å². The molecule has 3 heteroatoms. The van der Waals surface area contributed by atoms with Crippen LogP contribution in [0.25, 0.3) is 0 Å². The van der Waals surface area contributed by atoms with Gasteiger partial charge in [0.1, 0.15) is 0 Å². The van der Waals surface area contributed by atoms with Crippen molar-refractivity contribution in [2.45, 2.75) is 20.3 Å². The van der Waals surface area contributed by atoms with E-state index in [0.717, 1.165) is 6.54 Å². The summed E-state index contributed by atoms with van der Waals surface area (Å²) in [5.41, 5.74) is 10.1. The summed E-state index contributed by atoms with van der Waals surface area (Å²) < 4.78 is 0. The van der Waals surface area contributed by atoms with Gasteiger partial charge >= 0.3 is 0 Å². The molecular formula is C7H16N2O. The van der Waals surface area contributed by atoms with Crippen LogP contribution < -0.4 is 11.5 Å². The van der Waals surface area contributed by atoms with E-state index < -0.39 is 5.91 Å². The van der Waals surface area contributed by atoms with Gasteiger partial charge in [0.15, 0.2) is 0 Å². The summed E-state index contributed by atoms with van der Waals surface area (Å²) in [5.74, 6) is -0.400. The number of rotatable bonds is 2. The molecular weight excluding hydrogens is 128 g/mol. The number of nitrogens with two attached hydrogens (primary N) is 2. The van der Waals surface area contributed by atoms with Crippen LogP contribution in [0.4, 0.5) is 0 Å². The van der Waals surface area contributed by atoms with Crippen LogP contribution >= 0.6 is 0 Å². The molecule has 1 amide bonds. The minimum Gasteiger partial charge on any atom is -0.366 e. The Kier molecular flexibility index (Phi) is 9.73. The molecule has 0 atom stereocenters. The predicted molar refractivity (Wildman–Crippen MR) is 43.4 cm³/mol. The van der Waals surface area contributed by atoms with Crippen LogP contribution in [0.15, 0.2) is 12.2 Å². The summed E-state index contributed by atoms with van der Waals surface area (Å²) in [6.45, 7) is 7.89. The van der Waals surface area contributed by atoms with Crippen molar-refractivity contribution in [2.75, 3.05) is 6.54 Å². The maximum atomic E-state index is 10.1. The molecule has 4 N–H and O–H groups in total. The zero-order chi connectivity index (χ0) is 8.57. The van der Waals surface area contributed by atoms with Crippen LogP contribution in [-0.2, 0) is 4.79 Å². The highest BCUT2D eigenvalue weighted by molar-refractivity contribution is 5.91. The van der Waals surface area contributed by atoms with Crippen molar-refractivity contribution in [3.05, 3.63) is 12.2 Å². The van der Waals surface area contributed by atoms with Gasteiger partial charge in [-0.2, -0.15) is 0 Å². The maximum Gasteiger partial charge on any atom is 0.244 e. The monoisotopic (exact) mass is 144 g/mol. The Balaban J connectivity index is 0. The van der Waals surface area contributed by atoms with Crippen molar-refractivity contribution < 1.29 is 4.79 Å². The van der Waals surface area contributed by atoms with Gasteiger partial charge in [0.2, 0.25) is 5.91 Å². The standard InChI is InChI=1S/C5H9NO.C2H7N/c1-3-4(2)5(6)7;1-2-3/h2-3H2,1H3,(H2,6,7);2-3H2,1H3. The van der Waals surface area contributed by atoms with Gasteiger partial charge in [-0.1, -0.05) is 20.4 Å². The van der Waals surface area contributed by atoms with E-state index in [1.165, 1.54) is 0 Å². The molecule has 0 aromatic heterocycles. The van der Waals surface area contributed by atoms with E-state index in [1.807, 2.05) is 13.8 Å². The molecule has 0 aliphatic heterocycles. The van der Waals surface area contributed by atoms with Crippen LogP contribution in [0.2, 0.25) is 0 Å². The van der Waals surface area contributed by atoms with Crippen molar-refractivity contribution in [2.24, 2.45) is 11.5 Å². The maximum absolute atomic E-state index is 10.1. The molecule has 60 valence electrons. The molecule has 10 heavy (non-hydrogen) atoms. The Morgan fingerprint density at radius 1 is 1.50 bits per heavy atom. The molecule has 0 rings (SSSR count). The number of hydrogen-bond donors (Lipinski definition) is 2. The van der Waals surface area contributed by atoms with Gasteiger partial charge in [0.25, 0.3) is 0 Å². The largest absolute Gasteiger partial charge is 0.366 e. The molecule has 0 spiro atoms. The SMILES string of the molecule is C=C(CC)C(N)=O.CCN. The van der Waals surface area contributed by atoms with E-state index in [-0.39, 0.29) is 0 Å². The van der Waals surface area contributed by atoms with Crippen molar-refractivity contribution >= 4 is 5.91 Å². The number of primary amides is 1. The van der Waals surface area contributed by atoms with Gasteiger partial charge in [0.05, 0.1) is 0 Å². The highest BCUT2D eigenvalue weighted by Crippen LogP contribution is 1.91. The van der Waals surface area contributed by atoms with Crippen molar-refractivity contribution in [3.8, 4) is 0 Å². The molecule has 0 saturated carbocycles. The highest BCUT2D eigenvalue weighted by Gasteiger charge is 1.93. The van der Waals surface area contributed by atoms with Gasteiger partial charge in [-0.05, 0) is 13.0 Å². The third kappa shape index (κ3) is 10.2. The lowest BCUT2D eigenvalue weighted by molar-refractivity contribution is -0.114. The van der Waals surface area contributed by atoms with E-state index >= 15 is 0 Å². The van der Waals surface area contributed by atoms with E-state index in [1.54, 1.807) is 0 Å². The fourth-order valence-corrected chi connectivity index (χ4v) is 0.174. The molecule has 0 aliphatic rings. The van der Waals surface area contributed by atoms with Crippen LogP contribution in [0.5, 0.6) is 0 Å². The molecule has 0 saturated heterocycles. The summed E-state index contributed by atoms with van der Waals surface area (Å²) in [5, 5.41) is 0. The molecule has 0 aromatic rings. The summed E-state index contributed by atoms with van der Waals surface area (Å²) >= 11 is 0. The quantitative estimate of drug-likeness (QED) is 0.551. The average Bonchev–Trinajstić information content (AvgIpc) is 1.88. The lowest BCUT2D eigenvalue weighted by Crippen LogP contribution is -2.11. The number of amides is 1. The first-order valence-electron chi connectivity index (χ1n) is 3.27. The zero-order valence-corrected chi connectivity index (χ0v) is 6.68.